The molecule has 276 valence electrons. The maximum absolute atomic E-state index is 5.06. The van der Waals surface area contributed by atoms with Gasteiger partial charge in [0.05, 0.1) is 33.1 Å². The summed E-state index contributed by atoms with van der Waals surface area (Å²) in [5.74, 6) is 4.85. The number of hydrogen-bond acceptors (Lipinski definition) is 6. The van der Waals surface area contributed by atoms with Gasteiger partial charge in [-0.3, -0.25) is 0 Å². The van der Waals surface area contributed by atoms with Crippen molar-refractivity contribution >= 4 is 33.1 Å². The standard InChI is InChI=1S/C48H39N9/c1-31-49-40-10-4-7-13-43(40)55(31)28-34-16-22-37(23-17-34)46-52-47(38-24-18-35(19-25-38)29-56-32(2)50-41-11-5-8-14-44(41)56)54-48(53-46)39-26-20-36(21-27-39)30-57-33(3)51-42-12-6-9-15-45(42)57/h4-27H,28-30H2,1-3H3. The molecule has 0 fully saturated rings. The van der Waals surface area contributed by atoms with Gasteiger partial charge >= 0.3 is 0 Å². The van der Waals surface area contributed by atoms with Crippen LogP contribution >= 0.6 is 0 Å². The summed E-state index contributed by atoms with van der Waals surface area (Å²) in [6, 6.07) is 50.4. The number of aryl methyl sites for hydroxylation is 3. The molecule has 0 atom stereocenters. The van der Waals surface area contributed by atoms with E-state index in [4.69, 9.17) is 29.9 Å². The average Bonchev–Trinajstić information content (AvgIpc) is 3.86. The number of aromatic nitrogens is 9. The Bertz CT molecular complexity index is 2720. The lowest BCUT2D eigenvalue weighted by molar-refractivity contribution is 0.786. The largest absolute Gasteiger partial charge is 0.324 e. The molecule has 4 aromatic heterocycles. The van der Waals surface area contributed by atoms with Gasteiger partial charge in [-0.15, -0.1) is 0 Å². The highest BCUT2D eigenvalue weighted by Crippen LogP contribution is 2.28. The molecule has 0 amide bonds. The topological polar surface area (TPSA) is 92.1 Å². The Kier molecular flexibility index (Phi) is 8.48. The minimum Gasteiger partial charge on any atom is -0.324 e. The second kappa shape index (κ2) is 14.1. The average molecular weight is 742 g/mol. The maximum Gasteiger partial charge on any atom is 0.164 e. The summed E-state index contributed by atoms with van der Waals surface area (Å²) < 4.78 is 6.76. The third kappa shape index (κ3) is 6.53. The fourth-order valence-electron chi connectivity index (χ4n) is 7.78. The fraction of sp³-hybridized carbons (Fsp3) is 0.125. The van der Waals surface area contributed by atoms with Crippen LogP contribution in [0.4, 0.5) is 0 Å². The molecule has 57 heavy (non-hydrogen) atoms. The summed E-state index contributed by atoms with van der Waals surface area (Å²) >= 11 is 0. The van der Waals surface area contributed by atoms with Crippen LogP contribution in [0.25, 0.3) is 67.3 Å². The molecule has 10 rings (SSSR count). The third-order valence-electron chi connectivity index (χ3n) is 10.8. The number of imidazole rings is 3. The molecule has 0 bridgehead atoms. The number of fused-ring (bicyclic) bond motifs is 3. The number of hydrogen-bond donors (Lipinski definition) is 0. The van der Waals surface area contributed by atoms with Crippen LogP contribution < -0.4 is 0 Å². The highest BCUT2D eigenvalue weighted by Gasteiger charge is 2.15. The lowest BCUT2D eigenvalue weighted by Crippen LogP contribution is -2.04. The Balaban J connectivity index is 0.981. The van der Waals surface area contributed by atoms with E-state index in [1.165, 1.54) is 16.7 Å². The van der Waals surface area contributed by atoms with Gasteiger partial charge in [-0.05, 0) is 73.9 Å². The van der Waals surface area contributed by atoms with E-state index in [2.05, 4.69) is 162 Å². The van der Waals surface area contributed by atoms with Gasteiger partial charge in [0.1, 0.15) is 17.5 Å². The molecule has 0 saturated heterocycles. The predicted octanol–water partition coefficient (Wildman–Crippen LogP) is 9.99. The molecule has 0 N–H and O–H groups in total. The zero-order valence-electron chi connectivity index (χ0n) is 32.0. The van der Waals surface area contributed by atoms with E-state index >= 15 is 0 Å². The summed E-state index contributed by atoms with van der Waals surface area (Å²) in [4.78, 5) is 29.5. The summed E-state index contributed by atoms with van der Waals surface area (Å²) in [5.41, 5.74) is 12.7. The van der Waals surface area contributed by atoms with Crippen molar-refractivity contribution < 1.29 is 0 Å². The second-order valence-electron chi connectivity index (χ2n) is 14.6. The van der Waals surface area contributed by atoms with Gasteiger partial charge in [0.15, 0.2) is 17.5 Å². The highest BCUT2D eigenvalue weighted by molar-refractivity contribution is 5.78. The Labute approximate surface area is 330 Å². The molecular formula is C48H39N9. The molecule has 0 aliphatic carbocycles. The van der Waals surface area contributed by atoms with E-state index in [-0.39, 0.29) is 0 Å². The number of rotatable bonds is 9. The molecule has 0 unspecified atom stereocenters. The Morgan fingerprint density at radius 2 is 0.579 bits per heavy atom. The van der Waals surface area contributed by atoms with Crippen LogP contribution in [-0.4, -0.2) is 43.6 Å². The predicted molar refractivity (Wildman–Crippen MR) is 227 cm³/mol. The first-order valence-corrected chi connectivity index (χ1v) is 19.2. The molecule has 0 saturated carbocycles. The van der Waals surface area contributed by atoms with Crippen molar-refractivity contribution in [3.8, 4) is 34.2 Å². The molecule has 4 heterocycles. The quantitative estimate of drug-likeness (QED) is 0.146. The minimum atomic E-state index is 0.625. The maximum atomic E-state index is 5.06. The zero-order chi connectivity index (χ0) is 38.5. The summed E-state index contributed by atoms with van der Waals surface area (Å²) in [5, 5.41) is 0. The van der Waals surface area contributed by atoms with E-state index in [9.17, 15) is 0 Å². The number of benzene rings is 6. The lowest BCUT2D eigenvalue weighted by Gasteiger charge is -2.12. The first-order valence-electron chi connectivity index (χ1n) is 19.2. The Hall–Kier alpha value is -7.26. The van der Waals surface area contributed by atoms with Crippen LogP contribution in [0.15, 0.2) is 146 Å². The molecule has 10 aromatic rings. The van der Waals surface area contributed by atoms with Gasteiger partial charge in [-0.2, -0.15) is 0 Å². The van der Waals surface area contributed by atoms with Crippen molar-refractivity contribution in [1.29, 1.82) is 0 Å². The SMILES string of the molecule is Cc1nc2ccccc2n1Cc1ccc(-c2nc(-c3ccc(Cn4c(C)nc5ccccc54)cc3)nc(-c3ccc(Cn4c(C)nc5ccccc54)cc3)n2)cc1. The van der Waals surface area contributed by atoms with Gasteiger partial charge in [-0.25, -0.2) is 29.9 Å². The number of para-hydroxylation sites is 6. The van der Waals surface area contributed by atoms with E-state index in [0.29, 0.717) is 17.5 Å². The van der Waals surface area contributed by atoms with E-state index in [1.54, 1.807) is 0 Å². The molecular weight excluding hydrogens is 703 g/mol. The van der Waals surface area contributed by atoms with Crippen molar-refractivity contribution in [3.63, 3.8) is 0 Å². The van der Waals surface area contributed by atoms with Gasteiger partial charge in [0.2, 0.25) is 0 Å². The zero-order valence-corrected chi connectivity index (χ0v) is 32.0. The van der Waals surface area contributed by atoms with Crippen molar-refractivity contribution in [2.24, 2.45) is 0 Å². The van der Waals surface area contributed by atoms with Crippen LogP contribution in [0.5, 0.6) is 0 Å². The van der Waals surface area contributed by atoms with Crippen molar-refractivity contribution in [2.45, 2.75) is 40.4 Å². The summed E-state index contributed by atoms with van der Waals surface area (Å²) in [6.45, 7) is 8.35. The van der Waals surface area contributed by atoms with Gasteiger partial charge < -0.3 is 13.7 Å². The molecule has 6 aromatic carbocycles. The molecule has 0 aliphatic heterocycles. The summed E-state index contributed by atoms with van der Waals surface area (Å²) in [7, 11) is 0. The summed E-state index contributed by atoms with van der Waals surface area (Å²) in [6.07, 6.45) is 0. The van der Waals surface area contributed by atoms with E-state index < -0.39 is 0 Å². The molecule has 9 heteroatoms. The Morgan fingerprint density at radius 3 is 0.860 bits per heavy atom. The van der Waals surface area contributed by atoms with Crippen LogP contribution in [0.3, 0.4) is 0 Å². The number of nitrogens with zero attached hydrogens (tertiary/aromatic N) is 9. The van der Waals surface area contributed by atoms with E-state index in [1.807, 2.05) is 18.2 Å². The van der Waals surface area contributed by atoms with Crippen molar-refractivity contribution in [1.82, 2.24) is 43.6 Å². The highest BCUT2D eigenvalue weighted by atomic mass is 15.1. The van der Waals surface area contributed by atoms with Crippen LogP contribution in [-0.2, 0) is 19.6 Å². The van der Waals surface area contributed by atoms with Crippen LogP contribution in [0.2, 0.25) is 0 Å². The molecule has 9 nitrogen and oxygen atoms in total. The molecule has 0 spiro atoms. The smallest absolute Gasteiger partial charge is 0.164 e. The molecule has 0 radical (unpaired) electrons. The lowest BCUT2D eigenvalue weighted by atomic mass is 10.1. The monoisotopic (exact) mass is 741 g/mol. The van der Waals surface area contributed by atoms with E-state index in [0.717, 1.165) is 86.9 Å². The second-order valence-corrected chi connectivity index (χ2v) is 14.6. The fourth-order valence-corrected chi connectivity index (χ4v) is 7.78. The van der Waals surface area contributed by atoms with Gasteiger partial charge in [0, 0.05) is 36.3 Å². The van der Waals surface area contributed by atoms with Gasteiger partial charge in [-0.1, -0.05) is 109 Å². The van der Waals surface area contributed by atoms with Crippen molar-refractivity contribution in [2.75, 3.05) is 0 Å². The van der Waals surface area contributed by atoms with Crippen molar-refractivity contribution in [3.05, 3.63) is 180 Å². The minimum absolute atomic E-state index is 0.625. The Morgan fingerprint density at radius 1 is 0.316 bits per heavy atom. The van der Waals surface area contributed by atoms with Crippen LogP contribution in [0.1, 0.15) is 34.2 Å². The normalized spacial score (nSPS) is 11.6. The molecule has 0 aliphatic rings. The van der Waals surface area contributed by atoms with Gasteiger partial charge in [0.25, 0.3) is 0 Å². The third-order valence-corrected chi connectivity index (χ3v) is 10.8. The van der Waals surface area contributed by atoms with Crippen LogP contribution in [0, 0.1) is 20.8 Å². The first-order chi connectivity index (χ1) is 27.9. The first kappa shape index (κ1) is 34.2.